The van der Waals surface area contributed by atoms with Crippen molar-refractivity contribution in [3.63, 3.8) is 0 Å². The van der Waals surface area contributed by atoms with E-state index in [-0.39, 0.29) is 12.0 Å². The summed E-state index contributed by atoms with van der Waals surface area (Å²) in [6, 6.07) is 5.10. The largest absolute Gasteiger partial charge is 0.504 e. The SMILES string of the molecule is CCC1Oc2cccc(O)c2O1. The molecule has 0 fully saturated rings. The van der Waals surface area contributed by atoms with Crippen LogP contribution in [0.4, 0.5) is 0 Å². The van der Waals surface area contributed by atoms with Crippen LogP contribution < -0.4 is 9.47 Å². The number of benzene rings is 1. The average molecular weight is 166 g/mol. The van der Waals surface area contributed by atoms with Crippen molar-refractivity contribution >= 4 is 0 Å². The maximum atomic E-state index is 9.34. The fourth-order valence-electron chi connectivity index (χ4n) is 1.18. The van der Waals surface area contributed by atoms with Crippen LogP contribution in [0.1, 0.15) is 13.3 Å². The van der Waals surface area contributed by atoms with E-state index >= 15 is 0 Å². The lowest BCUT2D eigenvalue weighted by atomic mass is 10.3. The molecule has 1 aromatic rings. The summed E-state index contributed by atoms with van der Waals surface area (Å²) < 4.78 is 10.7. The van der Waals surface area contributed by atoms with Crippen molar-refractivity contribution in [3.8, 4) is 17.2 Å². The maximum absolute atomic E-state index is 9.34. The van der Waals surface area contributed by atoms with E-state index in [1.54, 1.807) is 18.2 Å². The lowest BCUT2D eigenvalue weighted by Crippen LogP contribution is -2.15. The zero-order chi connectivity index (χ0) is 8.55. The van der Waals surface area contributed by atoms with E-state index in [2.05, 4.69) is 0 Å². The van der Waals surface area contributed by atoms with Crippen LogP contribution in [-0.2, 0) is 0 Å². The van der Waals surface area contributed by atoms with E-state index in [1.165, 1.54) is 0 Å². The third-order valence-electron chi connectivity index (χ3n) is 1.80. The molecule has 3 nitrogen and oxygen atoms in total. The lowest BCUT2D eigenvalue weighted by Gasteiger charge is -2.05. The lowest BCUT2D eigenvalue weighted by molar-refractivity contribution is 0.0452. The van der Waals surface area contributed by atoms with Gasteiger partial charge >= 0.3 is 0 Å². The molecule has 0 radical (unpaired) electrons. The highest BCUT2D eigenvalue weighted by Crippen LogP contribution is 2.42. The van der Waals surface area contributed by atoms with Crippen LogP contribution >= 0.6 is 0 Å². The number of ether oxygens (including phenoxy) is 2. The van der Waals surface area contributed by atoms with Crippen LogP contribution in [0, 0.1) is 0 Å². The Morgan fingerprint density at radius 2 is 2.25 bits per heavy atom. The second kappa shape index (κ2) is 2.59. The summed E-state index contributed by atoms with van der Waals surface area (Å²) in [4.78, 5) is 0. The first-order chi connectivity index (χ1) is 5.81. The molecule has 1 unspecified atom stereocenters. The molecule has 1 heterocycles. The number of phenols is 1. The normalized spacial score (nSPS) is 19.6. The number of phenolic OH excluding ortho intramolecular Hbond substituents is 1. The molecule has 0 saturated heterocycles. The van der Waals surface area contributed by atoms with Gasteiger partial charge in [-0.15, -0.1) is 0 Å². The van der Waals surface area contributed by atoms with Gasteiger partial charge in [0.05, 0.1) is 0 Å². The third kappa shape index (κ3) is 0.978. The quantitative estimate of drug-likeness (QED) is 0.692. The van der Waals surface area contributed by atoms with Crippen molar-refractivity contribution in [2.24, 2.45) is 0 Å². The fraction of sp³-hybridized carbons (Fsp3) is 0.333. The summed E-state index contributed by atoms with van der Waals surface area (Å²) in [7, 11) is 0. The van der Waals surface area contributed by atoms with Crippen LogP contribution in [-0.4, -0.2) is 11.4 Å². The summed E-state index contributed by atoms with van der Waals surface area (Å²) >= 11 is 0. The first-order valence-electron chi connectivity index (χ1n) is 3.96. The van der Waals surface area contributed by atoms with Gasteiger partial charge in [-0.1, -0.05) is 13.0 Å². The van der Waals surface area contributed by atoms with Crippen LogP contribution in [0.2, 0.25) is 0 Å². The van der Waals surface area contributed by atoms with E-state index in [0.717, 1.165) is 6.42 Å². The fourth-order valence-corrected chi connectivity index (χ4v) is 1.18. The molecule has 0 aromatic heterocycles. The molecular weight excluding hydrogens is 156 g/mol. The summed E-state index contributed by atoms with van der Waals surface area (Å²) in [5, 5.41) is 9.34. The molecule has 1 aliphatic rings. The van der Waals surface area contributed by atoms with E-state index in [9.17, 15) is 5.11 Å². The van der Waals surface area contributed by atoms with Crippen molar-refractivity contribution in [1.29, 1.82) is 0 Å². The van der Waals surface area contributed by atoms with Gasteiger partial charge in [-0.25, -0.2) is 0 Å². The second-order valence-corrected chi connectivity index (χ2v) is 2.68. The van der Waals surface area contributed by atoms with Gasteiger partial charge in [0, 0.05) is 6.42 Å². The van der Waals surface area contributed by atoms with Gasteiger partial charge in [0.15, 0.2) is 11.5 Å². The van der Waals surface area contributed by atoms with Crippen molar-refractivity contribution < 1.29 is 14.6 Å². The Morgan fingerprint density at radius 3 is 2.92 bits per heavy atom. The first kappa shape index (κ1) is 7.28. The maximum Gasteiger partial charge on any atom is 0.241 e. The molecule has 12 heavy (non-hydrogen) atoms. The van der Waals surface area contributed by atoms with Crippen molar-refractivity contribution in [3.05, 3.63) is 18.2 Å². The van der Waals surface area contributed by atoms with Gasteiger partial charge < -0.3 is 14.6 Å². The van der Waals surface area contributed by atoms with E-state index in [1.807, 2.05) is 6.92 Å². The number of fused-ring (bicyclic) bond motifs is 1. The molecule has 0 saturated carbocycles. The topological polar surface area (TPSA) is 38.7 Å². The second-order valence-electron chi connectivity index (χ2n) is 2.68. The third-order valence-corrected chi connectivity index (χ3v) is 1.80. The molecule has 0 bridgehead atoms. The summed E-state index contributed by atoms with van der Waals surface area (Å²) in [6.07, 6.45) is 0.530. The van der Waals surface area contributed by atoms with Gasteiger partial charge in [0.2, 0.25) is 12.0 Å². The summed E-state index contributed by atoms with van der Waals surface area (Å²) in [6.45, 7) is 1.97. The van der Waals surface area contributed by atoms with Crippen LogP contribution in [0.5, 0.6) is 17.2 Å². The molecule has 1 N–H and O–H groups in total. The van der Waals surface area contributed by atoms with Gasteiger partial charge in [0.1, 0.15) is 0 Å². The zero-order valence-corrected chi connectivity index (χ0v) is 6.78. The van der Waals surface area contributed by atoms with E-state index in [0.29, 0.717) is 11.5 Å². The monoisotopic (exact) mass is 166 g/mol. The molecule has 0 aliphatic carbocycles. The average Bonchev–Trinajstić information content (AvgIpc) is 2.49. The zero-order valence-electron chi connectivity index (χ0n) is 6.78. The van der Waals surface area contributed by atoms with Gasteiger partial charge in [-0.05, 0) is 12.1 Å². The molecule has 1 atom stereocenters. The standard InChI is InChI=1S/C9H10O3/c1-2-8-11-7-5-3-4-6(10)9(7)12-8/h3-5,8,10H,2H2,1H3. The predicted molar refractivity (Wildman–Crippen MR) is 43.4 cm³/mol. The molecular formula is C9H10O3. The number of hydrogen-bond donors (Lipinski definition) is 1. The number of aromatic hydroxyl groups is 1. The minimum Gasteiger partial charge on any atom is -0.504 e. The Balaban J connectivity index is 2.35. The predicted octanol–water partition coefficient (Wildman–Crippen LogP) is 1.90. The minimum absolute atomic E-state index is 0.142. The number of para-hydroxylation sites is 1. The van der Waals surface area contributed by atoms with Crippen LogP contribution in [0.25, 0.3) is 0 Å². The summed E-state index contributed by atoms with van der Waals surface area (Å²) in [5.41, 5.74) is 0. The Hall–Kier alpha value is -1.38. The molecule has 1 aliphatic heterocycles. The van der Waals surface area contributed by atoms with Crippen LogP contribution in [0.15, 0.2) is 18.2 Å². The van der Waals surface area contributed by atoms with Crippen molar-refractivity contribution in [2.75, 3.05) is 0 Å². The van der Waals surface area contributed by atoms with E-state index in [4.69, 9.17) is 9.47 Å². The molecule has 64 valence electrons. The molecule has 0 amide bonds. The highest BCUT2D eigenvalue weighted by Gasteiger charge is 2.24. The Bertz CT molecular complexity index is 296. The van der Waals surface area contributed by atoms with Gasteiger partial charge in [-0.3, -0.25) is 0 Å². The van der Waals surface area contributed by atoms with Crippen LogP contribution in [0.3, 0.4) is 0 Å². The van der Waals surface area contributed by atoms with Gasteiger partial charge in [-0.2, -0.15) is 0 Å². The molecule has 0 spiro atoms. The van der Waals surface area contributed by atoms with E-state index < -0.39 is 0 Å². The highest BCUT2D eigenvalue weighted by atomic mass is 16.7. The van der Waals surface area contributed by atoms with Crippen molar-refractivity contribution in [1.82, 2.24) is 0 Å². The highest BCUT2D eigenvalue weighted by molar-refractivity contribution is 5.51. The molecule has 3 heteroatoms. The van der Waals surface area contributed by atoms with Crippen molar-refractivity contribution in [2.45, 2.75) is 19.6 Å². The smallest absolute Gasteiger partial charge is 0.241 e. The minimum atomic E-state index is -0.242. The number of hydrogen-bond acceptors (Lipinski definition) is 3. The molecule has 1 aromatic carbocycles. The Labute approximate surface area is 70.5 Å². The first-order valence-corrected chi connectivity index (χ1v) is 3.96. The Morgan fingerprint density at radius 1 is 1.42 bits per heavy atom. The Kier molecular flexibility index (Phi) is 1.57. The molecule has 2 rings (SSSR count). The number of rotatable bonds is 1. The summed E-state index contributed by atoms with van der Waals surface area (Å²) in [5.74, 6) is 1.23. The van der Waals surface area contributed by atoms with Gasteiger partial charge in [0.25, 0.3) is 0 Å².